The van der Waals surface area contributed by atoms with E-state index in [1.165, 1.54) is 99.8 Å². The van der Waals surface area contributed by atoms with Crippen LogP contribution in [-0.4, -0.2) is 11.3 Å². The number of nitrogens with zero attached hydrogens (tertiary/aromatic N) is 4. The third-order valence-electron chi connectivity index (χ3n) is 14.6. The van der Waals surface area contributed by atoms with Crippen LogP contribution in [-0.2, 0) is 10.8 Å². The number of fused-ring (bicyclic) bond motifs is 10. The van der Waals surface area contributed by atoms with E-state index in [1.54, 1.807) is 0 Å². The van der Waals surface area contributed by atoms with Crippen LogP contribution < -0.4 is 31.1 Å². The first-order valence-corrected chi connectivity index (χ1v) is 23.5. The lowest BCUT2D eigenvalue weighted by Crippen LogP contribution is -2.61. The number of rotatable bonds is 4. The molecule has 3 aliphatic rings. The second-order valence-electron chi connectivity index (χ2n) is 20.8. The molecule has 0 unspecified atom stereocenters. The minimum Gasteiger partial charge on any atom is -0.311 e. The quantitative estimate of drug-likeness (QED) is 0.164. The maximum atomic E-state index is 2.59. The van der Waals surface area contributed by atoms with Gasteiger partial charge in [-0.3, -0.25) is 0 Å². The Morgan fingerprint density at radius 1 is 0.439 bits per heavy atom. The van der Waals surface area contributed by atoms with Crippen molar-refractivity contribution in [2.75, 3.05) is 14.7 Å². The molecule has 1 aromatic heterocycles. The van der Waals surface area contributed by atoms with Crippen LogP contribution in [0, 0.1) is 6.92 Å². The van der Waals surface area contributed by atoms with Gasteiger partial charge in [-0.25, -0.2) is 0 Å². The number of para-hydroxylation sites is 3. The molecule has 3 aliphatic heterocycles. The van der Waals surface area contributed by atoms with Gasteiger partial charge in [0, 0.05) is 50.6 Å². The highest BCUT2D eigenvalue weighted by Gasteiger charge is 2.46. The summed E-state index contributed by atoms with van der Waals surface area (Å²) in [5, 5.41) is 5.02. The lowest BCUT2D eigenvalue weighted by Gasteiger charge is -2.46. The zero-order valence-corrected chi connectivity index (χ0v) is 38.7. The Kier molecular flexibility index (Phi) is 8.12. The van der Waals surface area contributed by atoms with Crippen molar-refractivity contribution >= 4 is 107 Å². The number of aromatic nitrogens is 1. The summed E-state index contributed by atoms with van der Waals surface area (Å²) in [5.41, 5.74) is 22.3. The van der Waals surface area contributed by atoms with Crippen LogP contribution in [0.2, 0.25) is 0 Å². The fourth-order valence-electron chi connectivity index (χ4n) is 11.4. The summed E-state index contributed by atoms with van der Waals surface area (Å²) in [7, 11) is 0. The highest BCUT2D eigenvalue weighted by atomic mass is 15.2. The van der Waals surface area contributed by atoms with Crippen LogP contribution in [0.1, 0.15) is 58.2 Å². The van der Waals surface area contributed by atoms with Gasteiger partial charge in [0.2, 0.25) is 0 Å². The molecule has 318 valence electrons. The molecular formula is C61H51BN4. The zero-order chi connectivity index (χ0) is 44.8. The molecular weight excluding hydrogens is 800 g/mol. The molecule has 0 atom stereocenters. The van der Waals surface area contributed by atoms with E-state index in [9.17, 15) is 0 Å². The van der Waals surface area contributed by atoms with E-state index in [1.807, 2.05) is 0 Å². The minimum atomic E-state index is -0.00396. The standard InChI is InChI=1S/C61H51BN4/c1-38-34-55-57-56(35-38)66-52-20-12-17-48-47-16-10-11-19-51(47)65(58(48)52)53-21-13-18-50(59(53)66)62(57)49-33-32-46(37-54(49)64(55)45-27-22-39-14-8-9-15-40(39)36-45)63(43-28-23-41(24-29-43)60(2,3)4)44-30-25-42(26-31-44)61(5,6)7/h8-37H,1-7H3. The van der Waals surface area contributed by atoms with Crippen LogP contribution in [0.4, 0.5) is 51.2 Å². The molecule has 0 saturated carbocycles. The fraction of sp³-hybridized carbons (Fsp3) is 0.148. The lowest BCUT2D eigenvalue weighted by molar-refractivity contribution is 0.590. The molecule has 5 heteroatoms. The van der Waals surface area contributed by atoms with Crippen molar-refractivity contribution < 1.29 is 0 Å². The second-order valence-corrected chi connectivity index (χ2v) is 20.8. The topological polar surface area (TPSA) is 14.7 Å². The summed E-state index contributed by atoms with van der Waals surface area (Å²) in [6.45, 7) is 16.0. The molecule has 0 bridgehead atoms. The van der Waals surface area contributed by atoms with E-state index < -0.39 is 0 Å². The van der Waals surface area contributed by atoms with Crippen molar-refractivity contribution in [1.82, 2.24) is 4.57 Å². The number of anilines is 9. The molecule has 13 rings (SSSR count). The minimum absolute atomic E-state index is 0.00396. The molecule has 0 amide bonds. The van der Waals surface area contributed by atoms with E-state index in [4.69, 9.17) is 0 Å². The molecule has 0 saturated heterocycles. The van der Waals surface area contributed by atoms with Crippen molar-refractivity contribution in [2.45, 2.75) is 59.3 Å². The smallest absolute Gasteiger partial charge is 0.252 e. The summed E-state index contributed by atoms with van der Waals surface area (Å²) in [5.74, 6) is 0. The Morgan fingerprint density at radius 2 is 1.05 bits per heavy atom. The molecule has 0 fully saturated rings. The van der Waals surface area contributed by atoms with E-state index in [2.05, 4.69) is 250 Å². The van der Waals surface area contributed by atoms with Gasteiger partial charge in [0.25, 0.3) is 6.71 Å². The van der Waals surface area contributed by atoms with E-state index in [0.717, 1.165) is 22.7 Å². The molecule has 9 aromatic carbocycles. The van der Waals surface area contributed by atoms with Gasteiger partial charge in [0.1, 0.15) is 0 Å². The highest BCUT2D eigenvalue weighted by molar-refractivity contribution is 7.00. The largest absolute Gasteiger partial charge is 0.311 e. The third kappa shape index (κ3) is 5.59. The molecule has 66 heavy (non-hydrogen) atoms. The summed E-state index contributed by atoms with van der Waals surface area (Å²) in [6, 6.07) is 69.0. The van der Waals surface area contributed by atoms with Crippen molar-refractivity contribution in [3.8, 4) is 5.69 Å². The second kappa shape index (κ2) is 13.8. The molecule has 0 radical (unpaired) electrons. The first kappa shape index (κ1) is 38.9. The van der Waals surface area contributed by atoms with E-state index in [0.29, 0.717) is 0 Å². The van der Waals surface area contributed by atoms with Crippen LogP contribution in [0.5, 0.6) is 0 Å². The Balaban J connectivity index is 1.09. The van der Waals surface area contributed by atoms with Crippen molar-refractivity contribution in [2.24, 2.45) is 0 Å². The van der Waals surface area contributed by atoms with Gasteiger partial charge in [0.05, 0.1) is 28.1 Å². The molecule has 4 nitrogen and oxygen atoms in total. The summed E-state index contributed by atoms with van der Waals surface area (Å²) in [4.78, 5) is 7.60. The Labute approximate surface area is 388 Å². The average Bonchev–Trinajstić information content (AvgIpc) is 3.66. The normalized spacial score (nSPS) is 13.6. The van der Waals surface area contributed by atoms with Gasteiger partial charge in [-0.2, -0.15) is 0 Å². The van der Waals surface area contributed by atoms with Gasteiger partial charge < -0.3 is 19.3 Å². The highest BCUT2D eigenvalue weighted by Crippen LogP contribution is 2.53. The monoisotopic (exact) mass is 850 g/mol. The van der Waals surface area contributed by atoms with Gasteiger partial charge in [-0.15, -0.1) is 0 Å². The third-order valence-corrected chi connectivity index (χ3v) is 14.6. The average molecular weight is 851 g/mol. The number of benzene rings is 9. The number of hydrogen-bond acceptors (Lipinski definition) is 3. The summed E-state index contributed by atoms with van der Waals surface area (Å²) >= 11 is 0. The molecule has 0 spiro atoms. The predicted molar refractivity (Wildman–Crippen MR) is 283 cm³/mol. The Bertz CT molecular complexity index is 3580. The van der Waals surface area contributed by atoms with Crippen LogP contribution in [0.25, 0.3) is 38.3 Å². The predicted octanol–water partition coefficient (Wildman–Crippen LogP) is 14.7. The zero-order valence-electron chi connectivity index (χ0n) is 38.7. The van der Waals surface area contributed by atoms with Gasteiger partial charge in [-0.1, -0.05) is 145 Å². The first-order chi connectivity index (χ1) is 31.9. The van der Waals surface area contributed by atoms with Crippen LogP contribution in [0.15, 0.2) is 182 Å². The fourth-order valence-corrected chi connectivity index (χ4v) is 11.4. The summed E-state index contributed by atoms with van der Waals surface area (Å²) < 4.78 is 2.53. The first-order valence-electron chi connectivity index (χ1n) is 23.5. The molecule has 4 heterocycles. The van der Waals surface area contributed by atoms with E-state index >= 15 is 0 Å². The maximum absolute atomic E-state index is 2.59. The number of hydrogen-bond donors (Lipinski definition) is 0. The van der Waals surface area contributed by atoms with Crippen molar-refractivity contribution in [3.05, 3.63) is 199 Å². The van der Waals surface area contributed by atoms with Gasteiger partial charge in [0.15, 0.2) is 0 Å². The van der Waals surface area contributed by atoms with Crippen molar-refractivity contribution in [3.63, 3.8) is 0 Å². The molecule has 0 N–H and O–H groups in total. The summed E-state index contributed by atoms with van der Waals surface area (Å²) in [6.07, 6.45) is 0. The van der Waals surface area contributed by atoms with Crippen LogP contribution in [0.3, 0.4) is 0 Å². The Hall–Kier alpha value is -7.50. The van der Waals surface area contributed by atoms with Gasteiger partial charge in [-0.05, 0) is 140 Å². The van der Waals surface area contributed by atoms with E-state index in [-0.39, 0.29) is 17.5 Å². The molecule has 10 aromatic rings. The Morgan fingerprint density at radius 3 is 1.76 bits per heavy atom. The lowest BCUT2D eigenvalue weighted by atomic mass is 9.33. The number of aryl methyl sites for hydroxylation is 1. The van der Waals surface area contributed by atoms with Crippen molar-refractivity contribution in [1.29, 1.82) is 0 Å². The van der Waals surface area contributed by atoms with Crippen LogP contribution >= 0.6 is 0 Å². The molecule has 0 aliphatic carbocycles. The van der Waals surface area contributed by atoms with Gasteiger partial charge >= 0.3 is 0 Å². The SMILES string of the molecule is Cc1cc2c3c(c1)N1c4c(cccc4-n4c5ccccc5c5cccc1c54)B3c1ccc(N(c3ccc(C(C)(C)C)cc3)c3ccc(C(C)(C)C)cc3)cc1N2c1ccc2ccccc2c1. The maximum Gasteiger partial charge on any atom is 0.252 e.